The monoisotopic (exact) mass is 654 g/mol. The van der Waals surface area contributed by atoms with Crippen LogP contribution in [0.2, 0.25) is 0 Å². The van der Waals surface area contributed by atoms with Gasteiger partial charge in [0, 0.05) is 31.6 Å². The van der Waals surface area contributed by atoms with Gasteiger partial charge < -0.3 is 59.1 Å². The summed E-state index contributed by atoms with van der Waals surface area (Å²) < 4.78 is 46.1. The van der Waals surface area contributed by atoms with E-state index < -0.39 is 0 Å². The fraction of sp³-hybridized carbons (Fsp3) is 0.862. The minimum Gasteiger partial charge on any atom is -0.385 e. The number of aldehydes is 1. The van der Waals surface area contributed by atoms with E-state index in [-0.39, 0.29) is 18.4 Å². The van der Waals surface area contributed by atoms with Gasteiger partial charge in [-0.1, -0.05) is 19.4 Å². The highest BCUT2D eigenvalue weighted by Crippen LogP contribution is 2.07. The molecule has 0 spiro atoms. The van der Waals surface area contributed by atoms with Gasteiger partial charge in [-0.05, 0) is 25.8 Å². The Hall–Kier alpha value is -1.37. The lowest BCUT2D eigenvalue weighted by Crippen LogP contribution is -2.41. The van der Waals surface area contributed by atoms with Crippen LogP contribution in [0.5, 0.6) is 0 Å². The molecular formula is C29H58N4O10S. The maximum Gasteiger partial charge on any atom is 0.222 e. The number of rotatable bonds is 37. The Kier molecular flexibility index (Phi) is 35.0. The minimum absolute atomic E-state index is 0.102. The summed E-state index contributed by atoms with van der Waals surface area (Å²) in [6, 6.07) is -0.207. The quantitative estimate of drug-likeness (QED) is 0.0351. The molecule has 5 N–H and O–H groups in total. The molecule has 1 unspecified atom stereocenters. The Balaban J connectivity index is 3.82. The van der Waals surface area contributed by atoms with Crippen molar-refractivity contribution < 1.29 is 47.5 Å². The van der Waals surface area contributed by atoms with Gasteiger partial charge in [-0.25, -0.2) is 0 Å². The molecule has 0 rings (SSSR count). The predicted octanol–water partition coefficient (Wildman–Crippen LogP) is 0.250. The maximum absolute atomic E-state index is 12.5. The van der Waals surface area contributed by atoms with Gasteiger partial charge in [-0.2, -0.15) is 0 Å². The predicted molar refractivity (Wildman–Crippen MR) is 171 cm³/mol. The van der Waals surface area contributed by atoms with E-state index in [1.807, 2.05) is 0 Å². The number of carbonyl (C=O) groups excluding carboxylic acids is 2. The molecule has 0 radical (unpaired) electrons. The van der Waals surface area contributed by atoms with Crippen LogP contribution in [0.15, 0.2) is 12.3 Å². The summed E-state index contributed by atoms with van der Waals surface area (Å²) in [7, 11) is 0. The van der Waals surface area contributed by atoms with Crippen molar-refractivity contribution in [1.82, 2.24) is 15.4 Å². The lowest BCUT2D eigenvalue weighted by molar-refractivity contribution is -0.122. The largest absolute Gasteiger partial charge is 0.385 e. The number of unbranched alkanes of at least 4 members (excludes halogenated alkanes) is 1. The summed E-state index contributed by atoms with van der Waals surface area (Å²) in [5.41, 5.74) is 6.38. The van der Waals surface area contributed by atoms with Crippen LogP contribution in [0.4, 0.5) is 0 Å². The van der Waals surface area contributed by atoms with Crippen molar-refractivity contribution >= 4 is 25.0 Å². The number of amides is 1. The maximum atomic E-state index is 12.5. The first-order valence-electron chi connectivity index (χ1n) is 15.5. The minimum atomic E-state index is -0.207. The molecule has 0 aliphatic carbocycles. The third-order valence-corrected chi connectivity index (χ3v) is 5.97. The molecule has 260 valence electrons. The molecule has 0 aliphatic heterocycles. The Morgan fingerprint density at radius 3 is 1.61 bits per heavy atom. The standard InChI is InChI=1S/C29H58N4O10S/c1-27(31-8-13-38-17-21-42-25-23-40-19-15-36-11-4-10-34)28(5-2-3-7-30)33-29(35)6-12-37-16-20-41-24-26-43-22-18-39-14-9-32-44/h10,28,31-32,44H,1-9,11-26,30H2,(H,33,35). The lowest BCUT2D eigenvalue weighted by atomic mass is 10.1. The first-order chi connectivity index (χ1) is 21.7. The Morgan fingerprint density at radius 2 is 1.14 bits per heavy atom. The van der Waals surface area contributed by atoms with Gasteiger partial charge >= 0.3 is 0 Å². The van der Waals surface area contributed by atoms with Gasteiger partial charge in [-0.15, -0.1) is 0 Å². The first kappa shape index (κ1) is 42.6. The fourth-order valence-corrected chi connectivity index (χ4v) is 3.53. The molecule has 0 heterocycles. The highest BCUT2D eigenvalue weighted by atomic mass is 32.1. The van der Waals surface area contributed by atoms with Crippen molar-refractivity contribution in [2.75, 3.05) is 125 Å². The molecule has 14 nitrogen and oxygen atoms in total. The molecule has 0 saturated heterocycles. The summed E-state index contributed by atoms with van der Waals surface area (Å²) in [4.78, 5) is 22.7. The van der Waals surface area contributed by atoms with Crippen molar-refractivity contribution in [1.29, 1.82) is 0 Å². The van der Waals surface area contributed by atoms with Gasteiger partial charge in [-0.3, -0.25) is 9.52 Å². The second-order valence-electron chi connectivity index (χ2n) is 9.37. The van der Waals surface area contributed by atoms with Crippen molar-refractivity contribution in [3.8, 4) is 0 Å². The molecular weight excluding hydrogens is 596 g/mol. The van der Waals surface area contributed by atoms with Gasteiger partial charge in [0.2, 0.25) is 5.91 Å². The molecule has 0 aliphatic rings. The average Bonchev–Trinajstić information content (AvgIpc) is 3.02. The summed E-state index contributed by atoms with van der Waals surface area (Å²) in [6.07, 6.45) is 3.97. The van der Waals surface area contributed by atoms with Crippen LogP contribution in [-0.4, -0.2) is 144 Å². The van der Waals surface area contributed by atoms with Gasteiger partial charge in [0.05, 0.1) is 112 Å². The van der Waals surface area contributed by atoms with Crippen LogP contribution in [0, 0.1) is 0 Å². The van der Waals surface area contributed by atoms with E-state index in [2.05, 4.69) is 34.7 Å². The molecule has 44 heavy (non-hydrogen) atoms. The molecule has 0 aromatic heterocycles. The van der Waals surface area contributed by atoms with Crippen LogP contribution in [0.25, 0.3) is 0 Å². The molecule has 0 saturated carbocycles. The molecule has 0 fully saturated rings. The second kappa shape index (κ2) is 36.1. The summed E-state index contributed by atoms with van der Waals surface area (Å²) in [5.74, 6) is -0.102. The SMILES string of the molecule is C=C(NCCOCCOCCOCCOCCC=O)C(CCCCN)NC(=O)CCOCCOCCOCCOCCNS. The Labute approximate surface area is 269 Å². The molecule has 0 bridgehead atoms. The van der Waals surface area contributed by atoms with E-state index >= 15 is 0 Å². The van der Waals surface area contributed by atoms with Crippen molar-refractivity contribution in [2.45, 2.75) is 38.1 Å². The van der Waals surface area contributed by atoms with Crippen molar-refractivity contribution in [2.24, 2.45) is 5.73 Å². The van der Waals surface area contributed by atoms with Gasteiger partial charge in [0.15, 0.2) is 0 Å². The topological polar surface area (TPSA) is 170 Å². The zero-order chi connectivity index (χ0) is 32.2. The van der Waals surface area contributed by atoms with Gasteiger partial charge in [0.25, 0.3) is 0 Å². The zero-order valence-electron chi connectivity index (χ0n) is 26.4. The number of thiol groups is 1. The number of ether oxygens (including phenoxy) is 8. The smallest absolute Gasteiger partial charge is 0.222 e. The van der Waals surface area contributed by atoms with Gasteiger partial charge in [0.1, 0.15) is 6.29 Å². The molecule has 0 aromatic carbocycles. The number of hydrogen-bond acceptors (Lipinski definition) is 14. The van der Waals surface area contributed by atoms with E-state index in [1.54, 1.807) is 0 Å². The highest BCUT2D eigenvalue weighted by Gasteiger charge is 2.15. The number of nitrogens with two attached hydrogens (primary N) is 1. The number of hydrogen-bond donors (Lipinski definition) is 5. The van der Waals surface area contributed by atoms with Crippen LogP contribution >= 0.6 is 12.8 Å². The molecule has 15 heteroatoms. The second-order valence-corrected chi connectivity index (χ2v) is 9.69. The molecule has 0 aromatic rings. The third kappa shape index (κ3) is 32.0. The third-order valence-electron chi connectivity index (χ3n) is 5.74. The van der Waals surface area contributed by atoms with E-state index in [1.165, 1.54) is 0 Å². The van der Waals surface area contributed by atoms with Crippen LogP contribution in [0.1, 0.15) is 32.1 Å². The number of carbonyl (C=O) groups is 2. The van der Waals surface area contributed by atoms with E-state index in [4.69, 9.17) is 43.6 Å². The van der Waals surface area contributed by atoms with E-state index in [9.17, 15) is 9.59 Å². The Morgan fingerprint density at radius 1 is 0.682 bits per heavy atom. The van der Waals surface area contributed by atoms with E-state index in [0.29, 0.717) is 132 Å². The normalized spacial score (nSPS) is 11.9. The fourth-order valence-electron chi connectivity index (χ4n) is 3.44. The first-order valence-corrected chi connectivity index (χ1v) is 15.9. The van der Waals surface area contributed by atoms with E-state index in [0.717, 1.165) is 31.2 Å². The van der Waals surface area contributed by atoms with Crippen LogP contribution in [0.3, 0.4) is 0 Å². The zero-order valence-corrected chi connectivity index (χ0v) is 27.3. The highest BCUT2D eigenvalue weighted by molar-refractivity contribution is 7.78. The average molecular weight is 655 g/mol. The number of nitrogens with one attached hydrogen (secondary N) is 3. The van der Waals surface area contributed by atoms with Crippen molar-refractivity contribution in [3.63, 3.8) is 0 Å². The molecule has 1 amide bonds. The summed E-state index contributed by atoms with van der Waals surface area (Å²) in [5, 5.41) is 6.29. The van der Waals surface area contributed by atoms with Crippen LogP contribution < -0.4 is 21.1 Å². The molecule has 1 atom stereocenters. The van der Waals surface area contributed by atoms with Crippen molar-refractivity contribution in [3.05, 3.63) is 12.3 Å². The summed E-state index contributed by atoms with van der Waals surface area (Å²) in [6.45, 7) is 13.4. The Bertz CT molecular complexity index is 655. The summed E-state index contributed by atoms with van der Waals surface area (Å²) >= 11 is 3.88. The lowest BCUT2D eigenvalue weighted by Gasteiger charge is -2.22. The van der Waals surface area contributed by atoms with Crippen LogP contribution in [-0.2, 0) is 47.5 Å².